The summed E-state index contributed by atoms with van der Waals surface area (Å²) in [5.41, 5.74) is 2.38. The molecule has 4 nitrogen and oxygen atoms in total. The summed E-state index contributed by atoms with van der Waals surface area (Å²) in [6, 6.07) is 11.4. The predicted molar refractivity (Wildman–Crippen MR) is 92.7 cm³/mol. The third-order valence-corrected chi connectivity index (χ3v) is 5.08. The maximum atomic E-state index is 4.61. The molecule has 1 fully saturated rings. The van der Waals surface area contributed by atoms with Crippen molar-refractivity contribution in [2.45, 2.75) is 31.7 Å². The van der Waals surface area contributed by atoms with Gasteiger partial charge in [0.1, 0.15) is 0 Å². The molecule has 4 heteroatoms. The zero-order valence-corrected chi connectivity index (χ0v) is 13.5. The molecule has 1 aliphatic rings. The van der Waals surface area contributed by atoms with Crippen LogP contribution in [0.5, 0.6) is 0 Å². The van der Waals surface area contributed by atoms with E-state index in [9.17, 15) is 0 Å². The van der Waals surface area contributed by atoms with Crippen LogP contribution in [0.4, 0.5) is 5.82 Å². The highest BCUT2D eigenvalue weighted by molar-refractivity contribution is 5.64. The molecular weight excluding hydrogens is 284 g/mol. The van der Waals surface area contributed by atoms with E-state index < -0.39 is 0 Å². The lowest BCUT2D eigenvalue weighted by Crippen LogP contribution is -2.36. The summed E-state index contributed by atoms with van der Waals surface area (Å²) in [6.07, 6.45) is 12.6. The molecule has 118 valence electrons. The first-order valence-electron chi connectivity index (χ1n) is 8.37. The molecule has 2 atom stereocenters. The van der Waals surface area contributed by atoms with E-state index in [1.165, 1.54) is 24.8 Å². The molecule has 0 N–H and O–H groups in total. The molecule has 1 saturated carbocycles. The van der Waals surface area contributed by atoms with Gasteiger partial charge in [-0.1, -0.05) is 36.8 Å². The van der Waals surface area contributed by atoms with Crippen molar-refractivity contribution in [3.05, 3.63) is 60.7 Å². The predicted octanol–water partition coefficient (Wildman–Crippen LogP) is 3.58. The van der Waals surface area contributed by atoms with Crippen molar-refractivity contribution in [3.63, 3.8) is 0 Å². The lowest BCUT2D eigenvalue weighted by molar-refractivity contribution is 0.460. The largest absolute Gasteiger partial charge is 0.353 e. The second kappa shape index (κ2) is 6.03. The van der Waals surface area contributed by atoms with Crippen molar-refractivity contribution in [3.8, 4) is 0 Å². The van der Waals surface area contributed by atoms with E-state index >= 15 is 0 Å². The molecular formula is C19H22N4. The van der Waals surface area contributed by atoms with Crippen LogP contribution in [0.3, 0.4) is 0 Å². The molecule has 4 rings (SSSR count). The van der Waals surface area contributed by atoms with Gasteiger partial charge in [0.05, 0.1) is 0 Å². The summed E-state index contributed by atoms with van der Waals surface area (Å²) in [7, 11) is 2.17. The number of anilines is 1. The first kappa shape index (κ1) is 14.2. The van der Waals surface area contributed by atoms with Crippen molar-refractivity contribution in [1.82, 2.24) is 14.4 Å². The Labute approximate surface area is 136 Å². The third-order valence-electron chi connectivity index (χ3n) is 5.08. The van der Waals surface area contributed by atoms with Crippen LogP contribution in [-0.2, 0) is 6.42 Å². The molecule has 0 saturated heterocycles. The lowest BCUT2D eigenvalue weighted by atomic mass is 9.94. The monoisotopic (exact) mass is 306 g/mol. The van der Waals surface area contributed by atoms with E-state index in [1.807, 2.05) is 29.2 Å². The molecule has 0 spiro atoms. The van der Waals surface area contributed by atoms with E-state index in [1.54, 1.807) is 0 Å². The Balaban J connectivity index is 1.59. The van der Waals surface area contributed by atoms with Gasteiger partial charge in [-0.05, 0) is 30.7 Å². The number of benzene rings is 1. The summed E-state index contributed by atoms with van der Waals surface area (Å²) < 4.78 is 2.04. The Bertz CT molecular complexity index is 780. The molecule has 1 aromatic carbocycles. The average molecular weight is 306 g/mol. The molecule has 0 radical (unpaired) electrons. The minimum Gasteiger partial charge on any atom is -0.353 e. The van der Waals surface area contributed by atoms with Gasteiger partial charge in [0, 0.05) is 37.9 Å². The third kappa shape index (κ3) is 2.69. The highest BCUT2D eigenvalue weighted by Gasteiger charge is 2.32. The number of hydrogen-bond donors (Lipinski definition) is 0. The van der Waals surface area contributed by atoms with Crippen LogP contribution in [0.25, 0.3) is 5.65 Å². The van der Waals surface area contributed by atoms with Crippen LogP contribution in [0.2, 0.25) is 0 Å². The first-order chi connectivity index (χ1) is 11.3. The van der Waals surface area contributed by atoms with Gasteiger partial charge in [0.15, 0.2) is 11.5 Å². The summed E-state index contributed by atoms with van der Waals surface area (Å²) in [6.45, 7) is 0. The molecule has 1 aliphatic carbocycles. The molecule has 0 amide bonds. The normalized spacial score (nSPS) is 20.9. The molecule has 3 aromatic rings. The van der Waals surface area contributed by atoms with Crippen LogP contribution in [0, 0.1) is 5.92 Å². The van der Waals surface area contributed by atoms with Crippen molar-refractivity contribution < 1.29 is 0 Å². The molecule has 2 heterocycles. The van der Waals surface area contributed by atoms with Crippen LogP contribution >= 0.6 is 0 Å². The molecule has 23 heavy (non-hydrogen) atoms. The summed E-state index contributed by atoms with van der Waals surface area (Å²) >= 11 is 0. The number of aromatic nitrogens is 3. The number of fused-ring (bicyclic) bond motifs is 1. The standard InChI is InChI=1S/C19H22N4/c1-22(18-19-21-11-13-23(19)12-10-20-18)17-9-5-8-16(17)14-15-6-3-2-4-7-15/h2-4,6-7,10-13,16-17H,5,8-9,14H2,1H3. The summed E-state index contributed by atoms with van der Waals surface area (Å²) in [4.78, 5) is 11.4. The smallest absolute Gasteiger partial charge is 0.180 e. The minimum atomic E-state index is 0.533. The number of nitrogens with zero attached hydrogens (tertiary/aromatic N) is 4. The van der Waals surface area contributed by atoms with Crippen LogP contribution in [0.15, 0.2) is 55.1 Å². The van der Waals surface area contributed by atoms with Crippen LogP contribution in [0.1, 0.15) is 24.8 Å². The molecule has 2 aromatic heterocycles. The number of hydrogen-bond acceptors (Lipinski definition) is 3. The van der Waals surface area contributed by atoms with Gasteiger partial charge < -0.3 is 9.30 Å². The van der Waals surface area contributed by atoms with Gasteiger partial charge >= 0.3 is 0 Å². The van der Waals surface area contributed by atoms with E-state index in [0.29, 0.717) is 12.0 Å². The Hall–Kier alpha value is -2.36. The highest BCUT2D eigenvalue weighted by atomic mass is 15.2. The minimum absolute atomic E-state index is 0.533. The second-order valence-corrected chi connectivity index (χ2v) is 6.47. The zero-order valence-electron chi connectivity index (χ0n) is 13.5. The molecule has 0 aliphatic heterocycles. The highest BCUT2D eigenvalue weighted by Crippen LogP contribution is 2.34. The van der Waals surface area contributed by atoms with Gasteiger partial charge in [-0.15, -0.1) is 0 Å². The molecule has 0 bridgehead atoms. The van der Waals surface area contributed by atoms with Gasteiger partial charge in [-0.25, -0.2) is 9.97 Å². The Kier molecular flexibility index (Phi) is 3.74. The maximum Gasteiger partial charge on any atom is 0.180 e. The van der Waals surface area contributed by atoms with Gasteiger partial charge in [0.2, 0.25) is 0 Å². The van der Waals surface area contributed by atoms with E-state index in [4.69, 9.17) is 0 Å². The quantitative estimate of drug-likeness (QED) is 0.739. The topological polar surface area (TPSA) is 33.4 Å². The van der Waals surface area contributed by atoms with Crippen LogP contribution < -0.4 is 4.90 Å². The fourth-order valence-corrected chi connectivity index (χ4v) is 3.93. The second-order valence-electron chi connectivity index (χ2n) is 6.47. The van der Waals surface area contributed by atoms with Gasteiger partial charge in [0.25, 0.3) is 0 Å². The van der Waals surface area contributed by atoms with Crippen molar-refractivity contribution >= 4 is 11.5 Å². The molecule has 2 unspecified atom stereocenters. The number of imidazole rings is 1. The Morgan fingerprint density at radius 1 is 1.09 bits per heavy atom. The van der Waals surface area contributed by atoms with Gasteiger partial charge in [-0.3, -0.25) is 0 Å². The Morgan fingerprint density at radius 2 is 1.87 bits per heavy atom. The van der Waals surface area contributed by atoms with Gasteiger partial charge in [-0.2, -0.15) is 0 Å². The maximum absolute atomic E-state index is 4.61. The van der Waals surface area contributed by atoms with Crippen molar-refractivity contribution in [2.75, 3.05) is 11.9 Å². The van der Waals surface area contributed by atoms with Crippen molar-refractivity contribution in [1.29, 1.82) is 0 Å². The summed E-state index contributed by atoms with van der Waals surface area (Å²) in [5.74, 6) is 1.67. The summed E-state index contributed by atoms with van der Waals surface area (Å²) in [5, 5.41) is 0. The van der Waals surface area contributed by atoms with E-state index in [2.05, 4.69) is 52.2 Å². The lowest BCUT2D eigenvalue weighted by Gasteiger charge is -2.31. The SMILES string of the molecule is CN(c1nccn2ccnc12)C1CCCC1Cc1ccccc1. The Morgan fingerprint density at radius 3 is 2.70 bits per heavy atom. The fourth-order valence-electron chi connectivity index (χ4n) is 3.93. The fraction of sp³-hybridized carbons (Fsp3) is 0.368. The zero-order chi connectivity index (χ0) is 15.6. The van der Waals surface area contributed by atoms with E-state index in [0.717, 1.165) is 17.9 Å². The van der Waals surface area contributed by atoms with Crippen molar-refractivity contribution in [2.24, 2.45) is 5.92 Å². The van der Waals surface area contributed by atoms with E-state index in [-0.39, 0.29) is 0 Å². The number of rotatable bonds is 4. The average Bonchev–Trinajstić information content (AvgIpc) is 3.23. The first-order valence-corrected chi connectivity index (χ1v) is 8.37. The van der Waals surface area contributed by atoms with Crippen LogP contribution in [-0.4, -0.2) is 27.5 Å².